The summed E-state index contributed by atoms with van der Waals surface area (Å²) in [5, 5.41) is 19.7. The third-order valence-corrected chi connectivity index (χ3v) is 9.03. The minimum Gasteiger partial charge on any atom is -0.396 e. The maximum absolute atomic E-state index is 10.1. The molecule has 0 aromatic rings. The Morgan fingerprint density at radius 1 is 0.957 bits per heavy atom. The van der Waals surface area contributed by atoms with Crippen molar-refractivity contribution < 1.29 is 10.2 Å². The average Bonchev–Trinajstić information content (AvgIpc) is 2.99. The minimum atomic E-state index is -0.0257. The zero-order valence-corrected chi connectivity index (χ0v) is 15.1. The lowest BCUT2D eigenvalue weighted by Crippen LogP contribution is -2.52. The number of fused-ring (bicyclic) bond motifs is 5. The summed E-state index contributed by atoms with van der Waals surface area (Å²) < 4.78 is 0. The van der Waals surface area contributed by atoms with Crippen LogP contribution in [-0.2, 0) is 0 Å². The van der Waals surface area contributed by atoms with E-state index in [0.29, 0.717) is 17.9 Å². The van der Waals surface area contributed by atoms with Crippen molar-refractivity contribution in [2.24, 2.45) is 46.8 Å². The summed E-state index contributed by atoms with van der Waals surface area (Å²) >= 11 is 0. The Kier molecular flexibility index (Phi) is 4.29. The summed E-state index contributed by atoms with van der Waals surface area (Å²) in [5.41, 5.74) is 0.508. The molecule has 4 aliphatic carbocycles. The molecule has 4 saturated carbocycles. The van der Waals surface area contributed by atoms with Crippen LogP contribution >= 0.6 is 0 Å². The summed E-state index contributed by atoms with van der Waals surface area (Å²) in [6.07, 6.45) is 11.7. The van der Waals surface area contributed by atoms with E-state index in [-0.39, 0.29) is 6.10 Å². The quantitative estimate of drug-likeness (QED) is 0.799. The molecule has 0 bridgehead atoms. The predicted molar refractivity (Wildman–Crippen MR) is 92.9 cm³/mol. The average molecular weight is 321 g/mol. The second-order valence-electron chi connectivity index (χ2n) is 9.78. The Labute approximate surface area is 142 Å². The van der Waals surface area contributed by atoms with Crippen LogP contribution in [0.4, 0.5) is 0 Å². The molecular weight excluding hydrogens is 284 g/mol. The Morgan fingerprint density at radius 2 is 1.70 bits per heavy atom. The largest absolute Gasteiger partial charge is 0.396 e. The summed E-state index contributed by atoms with van der Waals surface area (Å²) in [4.78, 5) is 0. The molecule has 9 unspecified atom stereocenters. The normalized spacial score (nSPS) is 54.0. The minimum absolute atomic E-state index is 0.0257. The van der Waals surface area contributed by atoms with Gasteiger partial charge in [-0.3, -0.25) is 0 Å². The van der Waals surface area contributed by atoms with Crippen LogP contribution < -0.4 is 0 Å². The van der Waals surface area contributed by atoms with E-state index in [1.807, 2.05) is 0 Å². The van der Waals surface area contributed by atoms with Crippen molar-refractivity contribution >= 4 is 0 Å². The molecule has 0 heterocycles. The van der Waals surface area contributed by atoms with Gasteiger partial charge in [-0.25, -0.2) is 0 Å². The number of aliphatic hydroxyl groups is 2. The van der Waals surface area contributed by atoms with Crippen molar-refractivity contribution in [2.45, 2.75) is 77.7 Å². The summed E-state index contributed by atoms with van der Waals surface area (Å²) in [6, 6.07) is 0. The third-order valence-electron chi connectivity index (χ3n) is 9.03. The van der Waals surface area contributed by atoms with Gasteiger partial charge < -0.3 is 10.2 Å². The lowest BCUT2D eigenvalue weighted by molar-refractivity contribution is -0.110. The zero-order valence-electron chi connectivity index (χ0n) is 15.1. The number of aliphatic hydroxyl groups excluding tert-OH is 2. The van der Waals surface area contributed by atoms with Crippen LogP contribution in [0.25, 0.3) is 0 Å². The third kappa shape index (κ3) is 2.51. The highest BCUT2D eigenvalue weighted by molar-refractivity contribution is 5.06. The first-order valence-electron chi connectivity index (χ1n) is 10.3. The summed E-state index contributed by atoms with van der Waals surface area (Å²) in [6.45, 7) is 5.21. The highest BCUT2D eigenvalue weighted by Crippen LogP contribution is 2.64. The van der Waals surface area contributed by atoms with Crippen LogP contribution in [0.2, 0.25) is 0 Å². The predicted octanol–water partition coefficient (Wildman–Crippen LogP) is 4.24. The van der Waals surface area contributed by atoms with E-state index in [1.54, 1.807) is 0 Å². The number of hydrogen-bond acceptors (Lipinski definition) is 2. The first-order valence-corrected chi connectivity index (χ1v) is 10.3. The number of hydrogen-bond donors (Lipinski definition) is 2. The fourth-order valence-corrected chi connectivity index (χ4v) is 7.78. The van der Waals surface area contributed by atoms with Crippen LogP contribution in [0, 0.1) is 46.8 Å². The van der Waals surface area contributed by atoms with Gasteiger partial charge in [-0.2, -0.15) is 0 Å². The molecule has 0 aliphatic heterocycles. The molecule has 132 valence electrons. The van der Waals surface area contributed by atoms with Gasteiger partial charge in [0.1, 0.15) is 0 Å². The Balaban J connectivity index is 1.54. The lowest BCUT2D eigenvalue weighted by atomic mass is 9.47. The molecule has 2 N–H and O–H groups in total. The maximum Gasteiger partial charge on any atom is 0.0543 e. The molecule has 2 nitrogen and oxygen atoms in total. The zero-order chi connectivity index (χ0) is 16.2. The fraction of sp³-hybridized carbons (Fsp3) is 1.00. The highest BCUT2D eigenvalue weighted by Gasteiger charge is 2.56. The first kappa shape index (κ1) is 16.4. The van der Waals surface area contributed by atoms with Crippen LogP contribution in [0.5, 0.6) is 0 Å². The van der Waals surface area contributed by atoms with Crippen molar-refractivity contribution in [1.29, 1.82) is 0 Å². The second kappa shape index (κ2) is 6.02. The number of rotatable bonds is 2. The topological polar surface area (TPSA) is 40.5 Å². The molecule has 2 heteroatoms. The molecule has 9 atom stereocenters. The van der Waals surface area contributed by atoms with Crippen LogP contribution in [-0.4, -0.2) is 22.9 Å². The molecule has 0 amide bonds. The van der Waals surface area contributed by atoms with Gasteiger partial charge >= 0.3 is 0 Å². The molecule has 23 heavy (non-hydrogen) atoms. The molecule has 0 aromatic heterocycles. The van der Waals surface area contributed by atoms with Crippen molar-refractivity contribution in [1.82, 2.24) is 0 Å². The molecule has 4 fully saturated rings. The van der Waals surface area contributed by atoms with Crippen LogP contribution in [0.1, 0.15) is 71.6 Å². The fourth-order valence-electron chi connectivity index (χ4n) is 7.78. The smallest absolute Gasteiger partial charge is 0.0543 e. The molecule has 4 rings (SSSR count). The Hall–Kier alpha value is -0.0800. The van der Waals surface area contributed by atoms with Crippen LogP contribution in [0.15, 0.2) is 0 Å². The molecular formula is C21H36O2. The standard InChI is InChI=1S/C21H36O2/c1-13(12-22)16-5-6-18-17(16)7-8-20-19(18)4-3-14-11-15(23)9-10-21(14,20)2/h13-20,22-23H,3-12H2,1-2H3. The Morgan fingerprint density at radius 3 is 2.48 bits per heavy atom. The van der Waals surface area contributed by atoms with Gasteiger partial charge in [-0.15, -0.1) is 0 Å². The van der Waals surface area contributed by atoms with E-state index in [0.717, 1.165) is 48.3 Å². The maximum atomic E-state index is 10.1. The van der Waals surface area contributed by atoms with E-state index in [1.165, 1.54) is 44.9 Å². The Bertz CT molecular complexity index is 436. The monoisotopic (exact) mass is 320 g/mol. The van der Waals surface area contributed by atoms with Gasteiger partial charge in [-0.05, 0) is 105 Å². The van der Waals surface area contributed by atoms with Gasteiger partial charge in [0.2, 0.25) is 0 Å². The first-order chi connectivity index (χ1) is 11.0. The lowest BCUT2D eigenvalue weighted by Gasteiger charge is -2.59. The van der Waals surface area contributed by atoms with Gasteiger partial charge in [0.15, 0.2) is 0 Å². The van der Waals surface area contributed by atoms with Gasteiger partial charge in [0, 0.05) is 6.61 Å². The second-order valence-corrected chi connectivity index (χ2v) is 9.78. The molecule has 0 radical (unpaired) electrons. The summed E-state index contributed by atoms with van der Waals surface area (Å²) in [7, 11) is 0. The molecule has 0 saturated heterocycles. The van der Waals surface area contributed by atoms with E-state index < -0.39 is 0 Å². The van der Waals surface area contributed by atoms with Crippen molar-refractivity contribution in [2.75, 3.05) is 6.61 Å². The van der Waals surface area contributed by atoms with Crippen molar-refractivity contribution in [3.63, 3.8) is 0 Å². The molecule has 0 aromatic carbocycles. The van der Waals surface area contributed by atoms with Crippen LogP contribution in [0.3, 0.4) is 0 Å². The summed E-state index contributed by atoms with van der Waals surface area (Å²) in [5.74, 6) is 5.75. The van der Waals surface area contributed by atoms with Crippen molar-refractivity contribution in [3.05, 3.63) is 0 Å². The molecule has 0 spiro atoms. The van der Waals surface area contributed by atoms with E-state index in [2.05, 4.69) is 13.8 Å². The highest BCUT2D eigenvalue weighted by atomic mass is 16.3. The van der Waals surface area contributed by atoms with E-state index in [4.69, 9.17) is 0 Å². The van der Waals surface area contributed by atoms with Gasteiger partial charge in [0.25, 0.3) is 0 Å². The van der Waals surface area contributed by atoms with E-state index in [9.17, 15) is 10.2 Å². The van der Waals surface area contributed by atoms with Gasteiger partial charge in [-0.1, -0.05) is 13.8 Å². The van der Waals surface area contributed by atoms with Gasteiger partial charge in [0.05, 0.1) is 6.10 Å². The van der Waals surface area contributed by atoms with Crippen molar-refractivity contribution in [3.8, 4) is 0 Å². The SMILES string of the molecule is CC(CO)C1CCC2C1CCC1C2CCC2CC(O)CCC21C. The van der Waals surface area contributed by atoms with E-state index >= 15 is 0 Å². The molecule has 4 aliphatic rings.